The summed E-state index contributed by atoms with van der Waals surface area (Å²) in [6, 6.07) is 13.1. The number of ether oxygens (including phenoxy) is 1. The summed E-state index contributed by atoms with van der Waals surface area (Å²) in [5.41, 5.74) is 1.95. The third-order valence-electron chi connectivity index (χ3n) is 3.85. The lowest BCUT2D eigenvalue weighted by atomic mass is 10.2. The van der Waals surface area contributed by atoms with E-state index in [-0.39, 0.29) is 5.56 Å². The Bertz CT molecular complexity index is 1160. The molecule has 0 unspecified atom stereocenters. The van der Waals surface area contributed by atoms with Gasteiger partial charge in [-0.3, -0.25) is 14.2 Å². The summed E-state index contributed by atoms with van der Waals surface area (Å²) in [6.07, 6.45) is 3.41. The van der Waals surface area contributed by atoms with Crippen molar-refractivity contribution in [3.63, 3.8) is 0 Å². The maximum absolute atomic E-state index is 12.6. The quantitative estimate of drug-likeness (QED) is 0.570. The minimum absolute atomic E-state index is 0.214. The van der Waals surface area contributed by atoms with E-state index in [2.05, 4.69) is 31.2 Å². The first-order valence-electron chi connectivity index (χ1n) is 7.54. The van der Waals surface area contributed by atoms with Crippen LogP contribution in [0.2, 0.25) is 0 Å². The van der Waals surface area contributed by atoms with Gasteiger partial charge in [-0.2, -0.15) is 0 Å². The van der Waals surface area contributed by atoms with E-state index in [4.69, 9.17) is 4.74 Å². The van der Waals surface area contributed by atoms with Crippen LogP contribution in [-0.2, 0) is 0 Å². The van der Waals surface area contributed by atoms with Crippen LogP contribution in [-0.4, -0.2) is 21.5 Å². The predicted octanol–water partition coefficient (Wildman–Crippen LogP) is 3.76. The minimum Gasteiger partial charge on any atom is -0.493 e. The number of hydrogen-bond acceptors (Lipinski definition) is 5. The maximum Gasteiger partial charge on any atom is 0.274 e. The summed E-state index contributed by atoms with van der Waals surface area (Å²) >= 11 is 3.34. The Balaban J connectivity index is 1.85. The summed E-state index contributed by atoms with van der Waals surface area (Å²) in [4.78, 5) is 21.4. The van der Waals surface area contributed by atoms with Gasteiger partial charge < -0.3 is 10.1 Å². The molecule has 124 valence electrons. The molecule has 0 aliphatic rings. The van der Waals surface area contributed by atoms with Gasteiger partial charge in [-0.25, -0.2) is 4.98 Å². The van der Waals surface area contributed by atoms with E-state index in [9.17, 15) is 4.79 Å². The molecule has 7 heteroatoms. The zero-order valence-corrected chi connectivity index (χ0v) is 14.8. The van der Waals surface area contributed by atoms with E-state index in [0.29, 0.717) is 21.7 Å². The monoisotopic (exact) mass is 396 g/mol. The molecule has 0 saturated carbocycles. The summed E-state index contributed by atoms with van der Waals surface area (Å²) in [5.74, 6) is 0.954. The van der Waals surface area contributed by atoms with Crippen LogP contribution in [0.1, 0.15) is 0 Å². The molecule has 0 aliphatic heterocycles. The average Bonchev–Trinajstić information content (AvgIpc) is 2.65. The fraction of sp³-hybridized carbons (Fsp3) is 0.0556. The first-order chi connectivity index (χ1) is 12.2. The molecule has 0 spiro atoms. The van der Waals surface area contributed by atoms with Gasteiger partial charge in [0.05, 0.1) is 12.6 Å². The van der Waals surface area contributed by atoms with Crippen molar-refractivity contribution in [1.82, 2.24) is 14.4 Å². The first kappa shape index (κ1) is 15.6. The molecule has 0 bridgehead atoms. The van der Waals surface area contributed by atoms with E-state index in [0.717, 1.165) is 16.6 Å². The molecule has 3 aromatic heterocycles. The highest BCUT2D eigenvalue weighted by Crippen LogP contribution is 2.26. The number of rotatable bonds is 3. The van der Waals surface area contributed by atoms with Crippen LogP contribution in [0.25, 0.3) is 16.6 Å². The lowest BCUT2D eigenvalue weighted by molar-refractivity contribution is 0.416. The molecule has 0 radical (unpaired) electrons. The van der Waals surface area contributed by atoms with Gasteiger partial charge in [-0.1, -0.05) is 6.07 Å². The highest BCUT2D eigenvalue weighted by Gasteiger charge is 2.13. The van der Waals surface area contributed by atoms with Crippen LogP contribution >= 0.6 is 15.9 Å². The molecule has 1 N–H and O–H groups in total. The van der Waals surface area contributed by atoms with Crippen LogP contribution in [0, 0.1) is 0 Å². The number of methoxy groups -OCH3 is 1. The fourth-order valence-corrected chi connectivity index (χ4v) is 3.03. The lowest BCUT2D eigenvalue weighted by Gasteiger charge is -2.11. The van der Waals surface area contributed by atoms with Gasteiger partial charge in [-0.05, 0) is 52.3 Å². The number of hydrogen-bond donors (Lipinski definition) is 1. The van der Waals surface area contributed by atoms with Crippen LogP contribution in [0.15, 0.2) is 64.1 Å². The minimum atomic E-state index is -0.214. The second-order valence-electron chi connectivity index (χ2n) is 5.39. The smallest absolute Gasteiger partial charge is 0.274 e. The van der Waals surface area contributed by atoms with Crippen LogP contribution in [0.3, 0.4) is 0 Å². The summed E-state index contributed by atoms with van der Waals surface area (Å²) < 4.78 is 7.11. The van der Waals surface area contributed by atoms with Crippen molar-refractivity contribution < 1.29 is 4.74 Å². The number of aromatic nitrogens is 3. The fourth-order valence-electron chi connectivity index (χ4n) is 2.65. The molecule has 0 fully saturated rings. The van der Waals surface area contributed by atoms with Crippen LogP contribution in [0.5, 0.6) is 5.75 Å². The number of anilines is 2. The first-order valence-corrected chi connectivity index (χ1v) is 8.33. The maximum atomic E-state index is 12.6. The Morgan fingerprint density at radius 2 is 2.08 bits per heavy atom. The van der Waals surface area contributed by atoms with Crippen molar-refractivity contribution in [1.29, 1.82) is 0 Å². The molecule has 4 rings (SSSR count). The van der Waals surface area contributed by atoms with E-state index in [1.807, 2.05) is 30.3 Å². The normalized spacial score (nSPS) is 11.0. The summed E-state index contributed by atoms with van der Waals surface area (Å²) in [6.45, 7) is 0. The molecule has 3 heterocycles. The Labute approximate surface area is 151 Å². The van der Waals surface area contributed by atoms with Gasteiger partial charge in [0.1, 0.15) is 4.47 Å². The molecule has 6 nitrogen and oxygen atoms in total. The molecule has 4 aromatic rings. The molecule has 25 heavy (non-hydrogen) atoms. The standard InChI is InChI=1S/C18H13BrN4O2/c1-25-14-5-3-9-23-17(14)22-16(15(19)18(23)24)21-12-6-7-13-11(10-12)4-2-8-20-13/h2-10,21H,1H3. The number of pyridine rings is 2. The van der Waals surface area contributed by atoms with Gasteiger partial charge in [0.15, 0.2) is 17.2 Å². The highest BCUT2D eigenvalue weighted by atomic mass is 79.9. The topological polar surface area (TPSA) is 68.5 Å². The Morgan fingerprint density at radius 1 is 1.20 bits per heavy atom. The van der Waals surface area contributed by atoms with E-state index in [1.54, 1.807) is 31.6 Å². The largest absolute Gasteiger partial charge is 0.493 e. The Kier molecular flexibility index (Phi) is 3.85. The molecule has 0 aliphatic carbocycles. The lowest BCUT2D eigenvalue weighted by Crippen LogP contribution is -2.18. The van der Waals surface area contributed by atoms with Crippen molar-refractivity contribution in [3.8, 4) is 5.75 Å². The third kappa shape index (κ3) is 2.72. The number of nitrogens with zero attached hydrogens (tertiary/aromatic N) is 3. The zero-order valence-electron chi connectivity index (χ0n) is 13.2. The Morgan fingerprint density at radius 3 is 2.92 bits per heavy atom. The second kappa shape index (κ2) is 6.18. The number of halogens is 1. The van der Waals surface area contributed by atoms with Gasteiger partial charge in [0.2, 0.25) is 0 Å². The number of nitrogens with one attached hydrogen (secondary N) is 1. The van der Waals surface area contributed by atoms with Crippen molar-refractivity contribution >= 4 is 44.0 Å². The Hall–Kier alpha value is -2.93. The molecule has 0 saturated heterocycles. The highest BCUT2D eigenvalue weighted by molar-refractivity contribution is 9.10. The molecule has 0 atom stereocenters. The second-order valence-corrected chi connectivity index (χ2v) is 6.18. The van der Waals surface area contributed by atoms with Gasteiger partial charge in [0.25, 0.3) is 5.56 Å². The van der Waals surface area contributed by atoms with Crippen molar-refractivity contribution in [2.45, 2.75) is 0 Å². The number of benzene rings is 1. The molecule has 0 amide bonds. The average molecular weight is 397 g/mol. The SMILES string of the molecule is COc1cccn2c(=O)c(Br)c(Nc3ccc4ncccc4c3)nc12. The predicted molar refractivity (Wildman–Crippen MR) is 101 cm³/mol. The van der Waals surface area contributed by atoms with Gasteiger partial charge in [0, 0.05) is 23.5 Å². The summed E-state index contributed by atoms with van der Waals surface area (Å²) in [5, 5.41) is 4.19. The molecular formula is C18H13BrN4O2. The van der Waals surface area contributed by atoms with Crippen LogP contribution < -0.4 is 15.6 Å². The van der Waals surface area contributed by atoms with Gasteiger partial charge >= 0.3 is 0 Å². The van der Waals surface area contributed by atoms with E-state index < -0.39 is 0 Å². The van der Waals surface area contributed by atoms with E-state index in [1.165, 1.54) is 4.40 Å². The third-order valence-corrected chi connectivity index (χ3v) is 4.56. The van der Waals surface area contributed by atoms with Crippen molar-refractivity contribution in [3.05, 3.63) is 69.7 Å². The number of fused-ring (bicyclic) bond motifs is 2. The van der Waals surface area contributed by atoms with E-state index >= 15 is 0 Å². The molecular weight excluding hydrogens is 384 g/mol. The molecule has 1 aromatic carbocycles. The van der Waals surface area contributed by atoms with Crippen molar-refractivity contribution in [2.24, 2.45) is 0 Å². The zero-order chi connectivity index (χ0) is 17.4. The summed E-state index contributed by atoms with van der Waals surface area (Å²) in [7, 11) is 1.55. The van der Waals surface area contributed by atoms with Crippen LogP contribution in [0.4, 0.5) is 11.5 Å². The van der Waals surface area contributed by atoms with Gasteiger partial charge in [-0.15, -0.1) is 0 Å². The van der Waals surface area contributed by atoms with Crippen molar-refractivity contribution in [2.75, 3.05) is 12.4 Å².